The maximum Gasteiger partial charge on any atom is 0.323 e. The standard InChI is InChI=1S/C18H23FN2O4/c19-15-8-6-14(7-9-15)11-21(13-18(24)25)17(23)12-20-10-4-2-1-3-5-16(20)22/h6-9H,1-5,10-13H2,(H,24,25). The third-order valence-corrected chi connectivity index (χ3v) is 4.21. The van der Waals surface area contributed by atoms with Crippen molar-refractivity contribution in [3.05, 3.63) is 35.6 Å². The number of aliphatic carboxylic acids is 1. The van der Waals surface area contributed by atoms with Gasteiger partial charge in [-0.3, -0.25) is 14.4 Å². The van der Waals surface area contributed by atoms with E-state index in [2.05, 4.69) is 0 Å². The second-order valence-corrected chi connectivity index (χ2v) is 6.25. The molecule has 6 nitrogen and oxygen atoms in total. The minimum atomic E-state index is -1.13. The highest BCUT2D eigenvalue weighted by molar-refractivity contribution is 5.86. The Morgan fingerprint density at radius 3 is 2.48 bits per heavy atom. The molecule has 0 radical (unpaired) electrons. The lowest BCUT2D eigenvalue weighted by molar-refractivity contribution is -0.147. The maximum absolute atomic E-state index is 13.0. The van der Waals surface area contributed by atoms with Gasteiger partial charge in [0.25, 0.3) is 0 Å². The zero-order valence-corrected chi connectivity index (χ0v) is 14.1. The van der Waals surface area contributed by atoms with Crippen molar-refractivity contribution in [1.82, 2.24) is 9.80 Å². The summed E-state index contributed by atoms with van der Waals surface area (Å²) in [5.41, 5.74) is 0.634. The van der Waals surface area contributed by atoms with Crippen molar-refractivity contribution in [2.75, 3.05) is 19.6 Å². The van der Waals surface area contributed by atoms with Gasteiger partial charge >= 0.3 is 5.97 Å². The number of carbonyl (C=O) groups is 3. The summed E-state index contributed by atoms with van der Waals surface area (Å²) >= 11 is 0. The van der Waals surface area contributed by atoms with E-state index < -0.39 is 24.2 Å². The molecule has 1 aliphatic rings. The molecule has 0 atom stereocenters. The van der Waals surface area contributed by atoms with Gasteiger partial charge in [-0.15, -0.1) is 0 Å². The first-order valence-corrected chi connectivity index (χ1v) is 8.47. The number of likely N-dealkylation sites (tertiary alicyclic amines) is 1. The van der Waals surface area contributed by atoms with Crippen molar-refractivity contribution in [3.63, 3.8) is 0 Å². The summed E-state index contributed by atoms with van der Waals surface area (Å²) in [6.45, 7) is 0.00102. The maximum atomic E-state index is 13.0. The van der Waals surface area contributed by atoms with E-state index in [1.54, 1.807) is 0 Å². The Morgan fingerprint density at radius 1 is 1.12 bits per heavy atom. The molecule has 136 valence electrons. The van der Waals surface area contributed by atoms with Gasteiger partial charge in [-0.2, -0.15) is 0 Å². The lowest BCUT2D eigenvalue weighted by Crippen LogP contribution is -2.45. The van der Waals surface area contributed by atoms with Crippen molar-refractivity contribution >= 4 is 17.8 Å². The van der Waals surface area contributed by atoms with Crippen molar-refractivity contribution < 1.29 is 23.9 Å². The van der Waals surface area contributed by atoms with E-state index in [4.69, 9.17) is 5.11 Å². The van der Waals surface area contributed by atoms with Crippen LogP contribution in [0.25, 0.3) is 0 Å². The number of nitrogens with zero attached hydrogens (tertiary/aromatic N) is 2. The first-order valence-electron chi connectivity index (χ1n) is 8.47. The van der Waals surface area contributed by atoms with Crippen LogP contribution in [-0.4, -0.2) is 52.3 Å². The molecular weight excluding hydrogens is 327 g/mol. The molecule has 0 saturated carbocycles. The Morgan fingerprint density at radius 2 is 1.80 bits per heavy atom. The molecule has 0 bridgehead atoms. The van der Waals surface area contributed by atoms with Crippen molar-refractivity contribution in [2.45, 2.75) is 38.6 Å². The minimum absolute atomic E-state index is 0.0629. The predicted molar refractivity (Wildman–Crippen MR) is 89.1 cm³/mol. The van der Waals surface area contributed by atoms with Crippen LogP contribution in [0.15, 0.2) is 24.3 Å². The number of hydrogen-bond donors (Lipinski definition) is 1. The predicted octanol–water partition coefficient (Wildman–Crippen LogP) is 2.03. The molecule has 1 aromatic carbocycles. The zero-order valence-electron chi connectivity index (χ0n) is 14.1. The number of carboxylic acid groups (broad SMARTS) is 1. The normalized spacial score (nSPS) is 15.4. The lowest BCUT2D eigenvalue weighted by Gasteiger charge is -2.28. The molecule has 1 aliphatic heterocycles. The average molecular weight is 350 g/mol. The largest absolute Gasteiger partial charge is 0.480 e. The molecule has 25 heavy (non-hydrogen) atoms. The van der Waals surface area contributed by atoms with Crippen LogP contribution in [0.2, 0.25) is 0 Å². The van der Waals surface area contributed by atoms with Gasteiger partial charge in [-0.1, -0.05) is 25.0 Å². The summed E-state index contributed by atoms with van der Waals surface area (Å²) in [5.74, 6) is -2.01. The second kappa shape index (κ2) is 9.15. The van der Waals surface area contributed by atoms with E-state index in [9.17, 15) is 18.8 Å². The first kappa shape index (κ1) is 18.9. The average Bonchev–Trinajstić information content (AvgIpc) is 2.55. The highest BCUT2D eigenvalue weighted by atomic mass is 19.1. The number of carboxylic acids is 1. The highest BCUT2D eigenvalue weighted by Gasteiger charge is 2.23. The third kappa shape index (κ3) is 6.17. The molecule has 1 heterocycles. The Hall–Kier alpha value is -2.44. The summed E-state index contributed by atoms with van der Waals surface area (Å²) in [5, 5.41) is 9.06. The van der Waals surface area contributed by atoms with Gasteiger partial charge in [-0.25, -0.2) is 4.39 Å². The van der Waals surface area contributed by atoms with Crippen LogP contribution in [0.1, 0.15) is 37.7 Å². The van der Waals surface area contributed by atoms with Gasteiger partial charge in [0.1, 0.15) is 12.4 Å². The monoisotopic (exact) mass is 350 g/mol. The molecule has 7 heteroatoms. The van der Waals surface area contributed by atoms with Crippen LogP contribution in [0, 0.1) is 5.82 Å². The van der Waals surface area contributed by atoms with Crippen molar-refractivity contribution in [1.29, 1.82) is 0 Å². The fraction of sp³-hybridized carbons (Fsp3) is 0.500. The van der Waals surface area contributed by atoms with Crippen LogP contribution in [0.3, 0.4) is 0 Å². The van der Waals surface area contributed by atoms with Crippen LogP contribution >= 0.6 is 0 Å². The van der Waals surface area contributed by atoms with E-state index in [0.29, 0.717) is 18.5 Å². The van der Waals surface area contributed by atoms with Gasteiger partial charge in [-0.05, 0) is 30.5 Å². The lowest BCUT2D eigenvalue weighted by atomic mass is 10.1. The third-order valence-electron chi connectivity index (χ3n) is 4.21. The minimum Gasteiger partial charge on any atom is -0.480 e. The Balaban J connectivity index is 2.04. The number of rotatable bonds is 6. The second-order valence-electron chi connectivity index (χ2n) is 6.25. The quantitative estimate of drug-likeness (QED) is 0.852. The summed E-state index contributed by atoms with van der Waals surface area (Å²) in [6.07, 6.45) is 4.12. The van der Waals surface area contributed by atoms with E-state index >= 15 is 0 Å². The topological polar surface area (TPSA) is 77.9 Å². The fourth-order valence-corrected chi connectivity index (χ4v) is 2.85. The van der Waals surface area contributed by atoms with Crippen LogP contribution in [0.4, 0.5) is 4.39 Å². The molecule has 0 aliphatic carbocycles. The van der Waals surface area contributed by atoms with Gasteiger partial charge in [0.15, 0.2) is 0 Å². The van der Waals surface area contributed by atoms with Crippen LogP contribution in [-0.2, 0) is 20.9 Å². The van der Waals surface area contributed by atoms with Gasteiger partial charge in [0.05, 0.1) is 6.54 Å². The number of benzene rings is 1. The zero-order chi connectivity index (χ0) is 18.2. The van der Waals surface area contributed by atoms with E-state index in [-0.39, 0.29) is 19.0 Å². The van der Waals surface area contributed by atoms with Gasteiger partial charge in [0.2, 0.25) is 11.8 Å². The Labute approximate surface area is 146 Å². The summed E-state index contributed by atoms with van der Waals surface area (Å²) in [4.78, 5) is 38.5. The van der Waals surface area contributed by atoms with E-state index in [0.717, 1.165) is 25.7 Å². The highest BCUT2D eigenvalue weighted by Crippen LogP contribution is 2.13. The SMILES string of the molecule is O=C(O)CN(Cc1ccc(F)cc1)C(=O)CN1CCCCCCC1=O. The molecule has 1 fully saturated rings. The molecule has 2 rings (SSSR count). The molecule has 0 spiro atoms. The summed E-state index contributed by atoms with van der Waals surface area (Å²) < 4.78 is 13.0. The van der Waals surface area contributed by atoms with E-state index in [1.165, 1.54) is 34.1 Å². The molecule has 0 unspecified atom stereocenters. The van der Waals surface area contributed by atoms with Gasteiger partial charge in [0, 0.05) is 19.5 Å². The van der Waals surface area contributed by atoms with Crippen LogP contribution < -0.4 is 0 Å². The molecule has 1 aromatic rings. The Bertz CT molecular complexity index is 618. The van der Waals surface area contributed by atoms with Crippen molar-refractivity contribution in [2.24, 2.45) is 0 Å². The molecule has 1 N–H and O–H groups in total. The molecule has 2 amide bonds. The van der Waals surface area contributed by atoms with Crippen LogP contribution in [0.5, 0.6) is 0 Å². The first-order chi connectivity index (χ1) is 12.0. The summed E-state index contributed by atoms with van der Waals surface area (Å²) in [6, 6.07) is 5.55. The number of carbonyl (C=O) groups excluding carboxylic acids is 2. The number of amides is 2. The van der Waals surface area contributed by atoms with Gasteiger partial charge < -0.3 is 14.9 Å². The molecule has 1 saturated heterocycles. The smallest absolute Gasteiger partial charge is 0.323 e. The number of hydrogen-bond acceptors (Lipinski definition) is 3. The Kier molecular flexibility index (Phi) is 6.91. The fourth-order valence-electron chi connectivity index (χ4n) is 2.85. The van der Waals surface area contributed by atoms with E-state index in [1.807, 2.05) is 0 Å². The summed E-state index contributed by atoms with van der Waals surface area (Å²) in [7, 11) is 0. The molecular formula is C18H23FN2O4. The number of halogens is 1. The molecule has 0 aromatic heterocycles. The van der Waals surface area contributed by atoms with Crippen molar-refractivity contribution in [3.8, 4) is 0 Å².